The Labute approximate surface area is 193 Å². The second-order valence-corrected chi connectivity index (χ2v) is 10.1. The maximum absolute atomic E-state index is 13.1. The Bertz CT molecular complexity index is 1240. The van der Waals surface area contributed by atoms with Crippen LogP contribution in [0, 0.1) is 0 Å². The van der Waals surface area contributed by atoms with Gasteiger partial charge in [0.1, 0.15) is 0 Å². The lowest BCUT2D eigenvalue weighted by molar-refractivity contribution is 0.102. The Kier molecular flexibility index (Phi) is 6.39. The highest BCUT2D eigenvalue weighted by molar-refractivity contribution is 7.92. The van der Waals surface area contributed by atoms with Gasteiger partial charge in [-0.15, -0.1) is 0 Å². The number of rotatable bonds is 6. The van der Waals surface area contributed by atoms with Gasteiger partial charge in [-0.05, 0) is 67.4 Å². The molecule has 0 atom stereocenters. The predicted octanol–water partition coefficient (Wildman–Crippen LogP) is 5.02. The van der Waals surface area contributed by atoms with Crippen molar-refractivity contribution in [2.45, 2.75) is 17.7 Å². The van der Waals surface area contributed by atoms with Crippen LogP contribution in [0.25, 0.3) is 0 Å². The molecule has 0 radical (unpaired) electrons. The van der Waals surface area contributed by atoms with Crippen molar-refractivity contribution in [2.75, 3.05) is 34.7 Å². The molecule has 1 aliphatic rings. The van der Waals surface area contributed by atoms with Gasteiger partial charge in [-0.25, -0.2) is 8.42 Å². The van der Waals surface area contributed by atoms with Gasteiger partial charge in [0.2, 0.25) is 0 Å². The van der Waals surface area contributed by atoms with Crippen LogP contribution >= 0.6 is 11.6 Å². The van der Waals surface area contributed by atoms with Crippen LogP contribution in [0.15, 0.2) is 77.7 Å². The monoisotopic (exact) mass is 469 g/mol. The summed E-state index contributed by atoms with van der Waals surface area (Å²) in [4.78, 5) is 15.2. The van der Waals surface area contributed by atoms with Crippen molar-refractivity contribution in [3.63, 3.8) is 0 Å². The molecule has 4 rings (SSSR count). The van der Waals surface area contributed by atoms with Crippen molar-refractivity contribution in [3.05, 3.63) is 83.4 Å². The van der Waals surface area contributed by atoms with E-state index >= 15 is 0 Å². The first kappa shape index (κ1) is 22.2. The van der Waals surface area contributed by atoms with Gasteiger partial charge in [0.15, 0.2) is 0 Å². The van der Waals surface area contributed by atoms with E-state index in [0.717, 1.165) is 23.1 Å². The molecule has 0 spiro atoms. The van der Waals surface area contributed by atoms with Crippen LogP contribution in [0.3, 0.4) is 0 Å². The summed E-state index contributed by atoms with van der Waals surface area (Å²) >= 11 is 6.00. The average molecular weight is 470 g/mol. The van der Waals surface area contributed by atoms with Crippen LogP contribution < -0.4 is 14.5 Å². The van der Waals surface area contributed by atoms with E-state index in [0.29, 0.717) is 16.4 Å². The molecule has 1 aliphatic heterocycles. The molecule has 8 heteroatoms. The molecule has 1 heterocycles. The normalized spacial score (nSPS) is 13.8. The summed E-state index contributed by atoms with van der Waals surface area (Å²) in [6, 6.07) is 20.3. The fraction of sp³-hybridized carbons (Fsp3) is 0.208. The molecule has 6 nitrogen and oxygen atoms in total. The Balaban J connectivity index is 1.55. The molecule has 3 aromatic rings. The summed E-state index contributed by atoms with van der Waals surface area (Å²) in [6.45, 7) is 2.02. The number of nitrogens with one attached hydrogen (secondary N) is 1. The fourth-order valence-corrected chi connectivity index (χ4v) is 5.14. The molecular formula is C24H24ClN3O3S. The smallest absolute Gasteiger partial charge is 0.264 e. The first-order valence-electron chi connectivity index (χ1n) is 10.4. The number of anilines is 3. The molecule has 0 bridgehead atoms. The van der Waals surface area contributed by atoms with E-state index in [1.54, 1.807) is 36.4 Å². The second kappa shape index (κ2) is 9.22. The predicted molar refractivity (Wildman–Crippen MR) is 129 cm³/mol. The van der Waals surface area contributed by atoms with E-state index in [-0.39, 0.29) is 16.4 Å². The zero-order valence-electron chi connectivity index (χ0n) is 17.7. The lowest BCUT2D eigenvalue weighted by atomic mass is 10.2. The fourth-order valence-electron chi connectivity index (χ4n) is 3.73. The topological polar surface area (TPSA) is 69.7 Å². The minimum Gasteiger partial charge on any atom is -0.371 e. The van der Waals surface area contributed by atoms with Crippen LogP contribution in [0.2, 0.25) is 5.02 Å². The maximum atomic E-state index is 13.1. The number of hydrogen-bond acceptors (Lipinski definition) is 4. The van der Waals surface area contributed by atoms with E-state index in [1.165, 1.54) is 32.0 Å². The summed E-state index contributed by atoms with van der Waals surface area (Å²) < 4.78 is 27.4. The second-order valence-electron chi connectivity index (χ2n) is 7.68. The third kappa shape index (κ3) is 4.74. The van der Waals surface area contributed by atoms with E-state index in [1.807, 2.05) is 24.3 Å². The van der Waals surface area contributed by atoms with Gasteiger partial charge in [0.05, 0.1) is 10.6 Å². The largest absolute Gasteiger partial charge is 0.371 e. The van der Waals surface area contributed by atoms with Crippen molar-refractivity contribution in [2.24, 2.45) is 0 Å². The Hall–Kier alpha value is -3.03. The highest BCUT2D eigenvalue weighted by atomic mass is 35.5. The number of halogens is 1. The molecule has 3 aromatic carbocycles. The quantitative estimate of drug-likeness (QED) is 0.550. The maximum Gasteiger partial charge on any atom is 0.264 e. The van der Waals surface area contributed by atoms with E-state index < -0.39 is 10.0 Å². The standard InChI is InChI=1S/C24H24ClN3O3S/c1-27(21-10-5-8-19(25)16-21)32(30,31)23-12-4-7-18(15-23)24(29)26-20-9-6-11-22(17-20)28-13-2-3-14-28/h4-12,15-17H,2-3,13-14H2,1H3,(H,26,29). The Morgan fingerprint density at radius 1 is 0.969 bits per heavy atom. The zero-order chi connectivity index (χ0) is 22.7. The molecule has 1 amide bonds. The summed E-state index contributed by atoms with van der Waals surface area (Å²) in [5.74, 6) is -0.369. The minimum atomic E-state index is -3.87. The van der Waals surface area contributed by atoms with Crippen LogP contribution in [-0.2, 0) is 10.0 Å². The molecule has 1 N–H and O–H groups in total. The number of carbonyl (C=O) groups excluding carboxylic acids is 1. The van der Waals surface area contributed by atoms with Gasteiger partial charge < -0.3 is 10.2 Å². The first-order chi connectivity index (χ1) is 15.3. The number of sulfonamides is 1. The van der Waals surface area contributed by atoms with Crippen molar-refractivity contribution in [3.8, 4) is 0 Å². The molecule has 0 saturated carbocycles. The van der Waals surface area contributed by atoms with Crippen molar-refractivity contribution in [1.29, 1.82) is 0 Å². The van der Waals surface area contributed by atoms with Crippen LogP contribution in [0.5, 0.6) is 0 Å². The number of nitrogens with zero attached hydrogens (tertiary/aromatic N) is 2. The SMILES string of the molecule is CN(c1cccc(Cl)c1)S(=O)(=O)c1cccc(C(=O)Nc2cccc(N3CCCC3)c2)c1. The van der Waals surface area contributed by atoms with E-state index in [9.17, 15) is 13.2 Å². The van der Waals surface area contributed by atoms with Gasteiger partial charge in [0, 0.05) is 42.1 Å². The van der Waals surface area contributed by atoms with Gasteiger partial charge in [-0.2, -0.15) is 0 Å². The average Bonchev–Trinajstić information content (AvgIpc) is 3.34. The third-order valence-electron chi connectivity index (χ3n) is 5.50. The molecule has 32 heavy (non-hydrogen) atoms. The van der Waals surface area contributed by atoms with E-state index in [4.69, 9.17) is 11.6 Å². The van der Waals surface area contributed by atoms with Crippen LogP contribution in [-0.4, -0.2) is 34.5 Å². The summed E-state index contributed by atoms with van der Waals surface area (Å²) in [5.41, 5.74) is 2.44. The Morgan fingerprint density at radius 2 is 1.69 bits per heavy atom. The zero-order valence-corrected chi connectivity index (χ0v) is 19.2. The molecule has 0 unspecified atom stereocenters. The highest BCUT2D eigenvalue weighted by Gasteiger charge is 2.23. The van der Waals surface area contributed by atoms with Crippen LogP contribution in [0.4, 0.5) is 17.1 Å². The molecule has 1 fully saturated rings. The first-order valence-corrected chi connectivity index (χ1v) is 12.2. The summed E-state index contributed by atoms with van der Waals surface area (Å²) in [6.07, 6.45) is 2.34. The number of hydrogen-bond donors (Lipinski definition) is 1. The van der Waals surface area contributed by atoms with E-state index in [2.05, 4.69) is 10.2 Å². The minimum absolute atomic E-state index is 0.0263. The molecule has 166 valence electrons. The lowest BCUT2D eigenvalue weighted by Crippen LogP contribution is -2.26. The van der Waals surface area contributed by atoms with Gasteiger partial charge in [-0.3, -0.25) is 9.10 Å². The third-order valence-corrected chi connectivity index (χ3v) is 7.52. The highest BCUT2D eigenvalue weighted by Crippen LogP contribution is 2.26. The van der Waals surface area contributed by atoms with Crippen molar-refractivity contribution in [1.82, 2.24) is 0 Å². The lowest BCUT2D eigenvalue weighted by Gasteiger charge is -2.20. The molecule has 1 saturated heterocycles. The number of carbonyl (C=O) groups is 1. The van der Waals surface area contributed by atoms with Gasteiger partial charge in [0.25, 0.3) is 15.9 Å². The van der Waals surface area contributed by atoms with Crippen molar-refractivity contribution >= 4 is 44.6 Å². The summed E-state index contributed by atoms with van der Waals surface area (Å²) in [5, 5.41) is 3.32. The Morgan fingerprint density at radius 3 is 2.44 bits per heavy atom. The molecule has 0 aliphatic carbocycles. The van der Waals surface area contributed by atoms with Gasteiger partial charge >= 0.3 is 0 Å². The van der Waals surface area contributed by atoms with Crippen molar-refractivity contribution < 1.29 is 13.2 Å². The molecule has 0 aromatic heterocycles. The molecular weight excluding hydrogens is 446 g/mol. The number of amides is 1. The number of benzene rings is 3. The van der Waals surface area contributed by atoms with Gasteiger partial charge in [-0.1, -0.05) is 29.8 Å². The summed E-state index contributed by atoms with van der Waals surface area (Å²) in [7, 11) is -2.41. The van der Waals surface area contributed by atoms with Crippen LogP contribution in [0.1, 0.15) is 23.2 Å².